The van der Waals surface area contributed by atoms with Crippen molar-refractivity contribution in [2.45, 2.75) is 43.8 Å². The molecule has 30 heavy (non-hydrogen) atoms. The van der Waals surface area contributed by atoms with Gasteiger partial charge < -0.3 is 14.6 Å². The van der Waals surface area contributed by atoms with Crippen LogP contribution >= 0.6 is 11.8 Å². The number of imidazole rings is 1. The molecule has 1 aliphatic heterocycles. The van der Waals surface area contributed by atoms with Gasteiger partial charge in [0, 0.05) is 24.4 Å². The number of carbonyl (C=O) groups is 2. The van der Waals surface area contributed by atoms with Gasteiger partial charge in [0.15, 0.2) is 5.16 Å². The lowest BCUT2D eigenvalue weighted by Crippen LogP contribution is -2.35. The number of amides is 1. The highest BCUT2D eigenvalue weighted by Crippen LogP contribution is 2.28. The van der Waals surface area contributed by atoms with Crippen molar-refractivity contribution in [2.75, 3.05) is 17.2 Å². The molecule has 1 N–H and O–H groups in total. The number of aromatic nitrogens is 2. The number of hydrogen-bond donors (Lipinski definition) is 1. The fourth-order valence-corrected chi connectivity index (χ4v) is 4.93. The minimum absolute atomic E-state index is 0.101. The van der Waals surface area contributed by atoms with Gasteiger partial charge in [-0.1, -0.05) is 42.1 Å². The molecule has 0 bridgehead atoms. The topological polar surface area (TPSA) is 75.4 Å². The Balaban J connectivity index is 1.31. The summed E-state index contributed by atoms with van der Waals surface area (Å²) < 4.78 is 1.75. The van der Waals surface area contributed by atoms with Crippen LogP contribution in [0, 0.1) is 0 Å². The van der Waals surface area contributed by atoms with E-state index < -0.39 is 5.97 Å². The van der Waals surface area contributed by atoms with E-state index in [2.05, 4.69) is 11.1 Å². The maximum absolute atomic E-state index is 12.7. The Morgan fingerprint density at radius 3 is 2.73 bits per heavy atom. The summed E-state index contributed by atoms with van der Waals surface area (Å²) in [5.41, 5.74) is 3.96. The second kappa shape index (κ2) is 9.34. The van der Waals surface area contributed by atoms with Crippen LogP contribution in [-0.2, 0) is 22.6 Å². The van der Waals surface area contributed by atoms with Crippen molar-refractivity contribution in [2.24, 2.45) is 0 Å². The number of carbonyl (C=O) groups excluding carboxylic acids is 1. The summed E-state index contributed by atoms with van der Waals surface area (Å²) in [7, 11) is 0. The lowest BCUT2D eigenvalue weighted by molar-refractivity contribution is -0.137. The average molecular weight is 424 g/mol. The maximum Gasteiger partial charge on any atom is 0.323 e. The summed E-state index contributed by atoms with van der Waals surface area (Å²) in [6.45, 7) is 0.694. The molecule has 2 aromatic carbocycles. The Morgan fingerprint density at radius 1 is 1.07 bits per heavy atom. The third-order valence-corrected chi connectivity index (χ3v) is 6.40. The van der Waals surface area contributed by atoms with E-state index >= 15 is 0 Å². The predicted molar refractivity (Wildman–Crippen MR) is 119 cm³/mol. The van der Waals surface area contributed by atoms with E-state index in [1.54, 1.807) is 16.3 Å². The first-order chi connectivity index (χ1) is 14.6. The second-order valence-corrected chi connectivity index (χ2v) is 8.51. The highest BCUT2D eigenvalue weighted by atomic mass is 32.2. The van der Waals surface area contributed by atoms with Crippen LogP contribution < -0.4 is 4.90 Å². The van der Waals surface area contributed by atoms with E-state index in [1.165, 1.54) is 5.56 Å². The lowest BCUT2D eigenvalue weighted by Gasteiger charge is -2.29. The molecule has 7 heteroatoms. The fourth-order valence-electron chi connectivity index (χ4n) is 3.92. The van der Waals surface area contributed by atoms with Crippen molar-refractivity contribution < 1.29 is 14.7 Å². The molecule has 2 heterocycles. The van der Waals surface area contributed by atoms with E-state index in [1.807, 2.05) is 47.4 Å². The SMILES string of the molecule is O=C(O)Cn1c(SCCCCC(=O)N2CCCc3ccccc32)nc2ccccc21. The van der Waals surface area contributed by atoms with Gasteiger partial charge in [-0.3, -0.25) is 9.59 Å². The van der Waals surface area contributed by atoms with Crippen molar-refractivity contribution >= 4 is 40.4 Å². The molecule has 156 valence electrons. The summed E-state index contributed by atoms with van der Waals surface area (Å²) in [5.74, 6) is 0.102. The van der Waals surface area contributed by atoms with Crippen molar-refractivity contribution in [1.82, 2.24) is 9.55 Å². The number of unbranched alkanes of at least 4 members (excludes halogenated alkanes) is 1. The number of benzene rings is 2. The molecule has 0 fully saturated rings. The third kappa shape index (κ3) is 4.51. The van der Waals surface area contributed by atoms with Gasteiger partial charge in [0.05, 0.1) is 11.0 Å². The quantitative estimate of drug-likeness (QED) is 0.430. The van der Waals surface area contributed by atoms with Crippen molar-refractivity contribution in [1.29, 1.82) is 0 Å². The Morgan fingerprint density at radius 2 is 1.87 bits per heavy atom. The number of carboxylic acids is 1. The summed E-state index contributed by atoms with van der Waals surface area (Å²) in [6, 6.07) is 15.7. The number of thioether (sulfide) groups is 1. The Kier molecular flexibility index (Phi) is 6.38. The van der Waals surface area contributed by atoms with E-state index in [-0.39, 0.29) is 12.5 Å². The average Bonchev–Trinajstić information content (AvgIpc) is 3.09. The standard InChI is InChI=1S/C23H25N3O3S/c27-21(25-14-7-9-17-8-1-3-11-19(17)25)13-5-6-15-30-23-24-18-10-2-4-12-20(18)26(23)16-22(28)29/h1-4,8,10-12H,5-7,9,13-16H2,(H,28,29). The van der Waals surface area contributed by atoms with E-state index in [0.717, 1.165) is 59.9 Å². The van der Waals surface area contributed by atoms with Crippen molar-refractivity contribution in [3.05, 3.63) is 54.1 Å². The molecule has 0 aliphatic carbocycles. The monoisotopic (exact) mass is 423 g/mol. The lowest BCUT2D eigenvalue weighted by atomic mass is 10.0. The molecule has 1 aromatic heterocycles. The molecule has 0 saturated carbocycles. The highest BCUT2D eigenvalue weighted by Gasteiger charge is 2.21. The summed E-state index contributed by atoms with van der Waals surface area (Å²) in [5, 5.41) is 9.95. The zero-order valence-electron chi connectivity index (χ0n) is 16.8. The molecule has 0 saturated heterocycles. The first-order valence-corrected chi connectivity index (χ1v) is 11.3. The van der Waals surface area contributed by atoms with Gasteiger partial charge in [0.2, 0.25) is 5.91 Å². The minimum Gasteiger partial charge on any atom is -0.480 e. The maximum atomic E-state index is 12.7. The van der Waals surface area contributed by atoms with Gasteiger partial charge in [0.25, 0.3) is 0 Å². The number of aryl methyl sites for hydroxylation is 1. The first kappa shape index (κ1) is 20.5. The van der Waals surface area contributed by atoms with Crippen LogP contribution in [0.15, 0.2) is 53.7 Å². The van der Waals surface area contributed by atoms with Crippen LogP contribution in [0.25, 0.3) is 11.0 Å². The van der Waals surface area contributed by atoms with E-state index in [9.17, 15) is 14.7 Å². The van der Waals surface area contributed by atoms with Crippen molar-refractivity contribution in [3.8, 4) is 0 Å². The third-order valence-electron chi connectivity index (χ3n) is 5.34. The van der Waals surface area contributed by atoms with Crippen LogP contribution in [0.2, 0.25) is 0 Å². The number of anilines is 1. The fraction of sp³-hybridized carbons (Fsp3) is 0.348. The number of aliphatic carboxylic acids is 1. The van der Waals surface area contributed by atoms with Crippen LogP contribution in [0.4, 0.5) is 5.69 Å². The van der Waals surface area contributed by atoms with Gasteiger partial charge in [0.1, 0.15) is 6.54 Å². The van der Waals surface area contributed by atoms with Gasteiger partial charge in [-0.15, -0.1) is 0 Å². The van der Waals surface area contributed by atoms with Crippen LogP contribution in [0.1, 0.15) is 31.2 Å². The number of fused-ring (bicyclic) bond motifs is 2. The molecule has 3 aromatic rings. The molecule has 4 rings (SSSR count). The molecular formula is C23H25N3O3S. The zero-order chi connectivity index (χ0) is 20.9. The van der Waals surface area contributed by atoms with E-state index in [0.29, 0.717) is 6.42 Å². The van der Waals surface area contributed by atoms with Gasteiger partial charge in [-0.25, -0.2) is 4.98 Å². The van der Waals surface area contributed by atoms with Gasteiger partial charge in [-0.2, -0.15) is 0 Å². The zero-order valence-corrected chi connectivity index (χ0v) is 17.6. The van der Waals surface area contributed by atoms with Crippen LogP contribution in [-0.4, -0.2) is 38.8 Å². The summed E-state index contributed by atoms with van der Waals surface area (Å²) in [6.07, 6.45) is 4.26. The molecule has 1 amide bonds. The van der Waals surface area contributed by atoms with Gasteiger partial charge in [-0.05, 0) is 49.4 Å². The molecule has 1 aliphatic rings. The molecule has 0 spiro atoms. The minimum atomic E-state index is -0.882. The predicted octanol–water partition coefficient (Wildman–Crippen LogP) is 4.36. The summed E-state index contributed by atoms with van der Waals surface area (Å²) >= 11 is 1.55. The number of rotatable bonds is 8. The Hall–Kier alpha value is -2.80. The second-order valence-electron chi connectivity index (χ2n) is 7.45. The smallest absolute Gasteiger partial charge is 0.323 e. The normalized spacial score (nSPS) is 13.4. The van der Waals surface area contributed by atoms with Crippen molar-refractivity contribution in [3.63, 3.8) is 0 Å². The number of hydrogen-bond acceptors (Lipinski definition) is 4. The molecule has 0 unspecified atom stereocenters. The highest BCUT2D eigenvalue weighted by molar-refractivity contribution is 7.99. The summed E-state index contributed by atoms with van der Waals surface area (Å²) in [4.78, 5) is 30.5. The first-order valence-electron chi connectivity index (χ1n) is 10.3. The molecule has 0 radical (unpaired) electrons. The van der Waals surface area contributed by atoms with Crippen LogP contribution in [0.5, 0.6) is 0 Å². The van der Waals surface area contributed by atoms with Gasteiger partial charge >= 0.3 is 5.97 Å². The van der Waals surface area contributed by atoms with E-state index in [4.69, 9.17) is 0 Å². The Labute approximate surface area is 179 Å². The number of nitrogens with zero attached hydrogens (tertiary/aromatic N) is 3. The molecular weight excluding hydrogens is 398 g/mol. The largest absolute Gasteiger partial charge is 0.480 e. The van der Waals surface area contributed by atoms with Crippen LogP contribution in [0.3, 0.4) is 0 Å². The Bertz CT molecular complexity index is 1060. The molecule has 0 atom stereocenters. The number of para-hydroxylation sites is 3. The number of carboxylic acid groups (broad SMARTS) is 1. The molecule has 6 nitrogen and oxygen atoms in total.